The average Bonchev–Trinajstić information content (AvgIpc) is 3.42. The number of nitrogens with zero attached hydrogens (tertiary/aromatic N) is 3. The van der Waals surface area contributed by atoms with E-state index >= 15 is 0 Å². The van der Waals surface area contributed by atoms with Gasteiger partial charge in [-0.05, 0) is 43.9 Å². The number of hydrogen-bond donors (Lipinski definition) is 1. The molecule has 2 heterocycles. The highest BCUT2D eigenvalue weighted by molar-refractivity contribution is 7.09. The quantitative estimate of drug-likeness (QED) is 0.607. The van der Waals surface area contributed by atoms with E-state index in [0.29, 0.717) is 30.2 Å². The Morgan fingerprint density at radius 1 is 1.22 bits per heavy atom. The van der Waals surface area contributed by atoms with E-state index < -0.39 is 0 Å². The van der Waals surface area contributed by atoms with E-state index in [9.17, 15) is 9.59 Å². The third kappa shape index (κ3) is 7.09. The first-order valence-electron chi connectivity index (χ1n) is 13.3. The van der Waals surface area contributed by atoms with Crippen LogP contribution in [-0.4, -0.2) is 72.6 Å². The average molecular weight is 529 g/mol. The number of benzene rings is 1. The number of nitrogens with one attached hydrogen (secondary N) is 1. The molecule has 2 aromatic rings. The van der Waals surface area contributed by atoms with Gasteiger partial charge in [-0.15, -0.1) is 11.3 Å². The Kier molecular flexibility index (Phi) is 9.56. The molecule has 0 radical (unpaired) electrons. The molecule has 1 fully saturated rings. The molecule has 0 bridgehead atoms. The first-order valence-corrected chi connectivity index (χ1v) is 14.2. The molecule has 2 amide bonds. The van der Waals surface area contributed by atoms with Crippen LogP contribution in [0.3, 0.4) is 0 Å². The molecule has 202 valence electrons. The lowest BCUT2D eigenvalue weighted by molar-refractivity contribution is -0.120. The van der Waals surface area contributed by atoms with Crippen molar-refractivity contribution in [2.45, 2.75) is 64.6 Å². The lowest BCUT2D eigenvalue weighted by Crippen LogP contribution is -2.46. The van der Waals surface area contributed by atoms with Crippen LogP contribution in [0.1, 0.15) is 61.3 Å². The molecule has 4 rings (SSSR count). The molecule has 8 nitrogen and oxygen atoms in total. The van der Waals surface area contributed by atoms with Crippen molar-refractivity contribution in [1.29, 1.82) is 0 Å². The van der Waals surface area contributed by atoms with Crippen LogP contribution in [0.5, 0.6) is 5.75 Å². The molecule has 1 saturated carbocycles. The normalized spacial score (nSPS) is 24.5. The number of amides is 2. The number of thiazole rings is 1. The van der Waals surface area contributed by atoms with Gasteiger partial charge in [0.2, 0.25) is 5.91 Å². The van der Waals surface area contributed by atoms with E-state index in [-0.39, 0.29) is 35.8 Å². The second-order valence-electron chi connectivity index (χ2n) is 10.5. The van der Waals surface area contributed by atoms with Crippen molar-refractivity contribution >= 4 is 28.8 Å². The number of carbonyl (C=O) groups excluding carboxylic acids is 2. The zero-order valence-electron chi connectivity index (χ0n) is 22.4. The fourth-order valence-electron chi connectivity index (χ4n) is 5.26. The molecular formula is C28H40N4O4S. The van der Waals surface area contributed by atoms with Gasteiger partial charge in [0.05, 0.1) is 18.2 Å². The fourth-order valence-corrected chi connectivity index (χ4v) is 5.90. The Bertz CT molecular complexity index is 1040. The number of methoxy groups -OCH3 is 1. The molecular weight excluding hydrogens is 488 g/mol. The highest BCUT2D eigenvalue weighted by atomic mass is 32.1. The SMILES string of the molecule is CO[C@@H]1CN(C)C(=O)c2cc(NC(=O)C3CCCCC3)ccc2OC[C@H](C)N(Cc2nccs2)C[C@@H]1C. The highest BCUT2D eigenvalue weighted by Crippen LogP contribution is 2.29. The first-order chi connectivity index (χ1) is 17.9. The number of ether oxygens (including phenoxy) is 2. The van der Waals surface area contributed by atoms with Gasteiger partial charge in [-0.2, -0.15) is 0 Å². The summed E-state index contributed by atoms with van der Waals surface area (Å²) in [6.07, 6.45) is 6.94. The summed E-state index contributed by atoms with van der Waals surface area (Å²) in [5.74, 6) is 0.636. The van der Waals surface area contributed by atoms with Crippen LogP contribution in [0.25, 0.3) is 0 Å². The molecule has 0 saturated heterocycles. The maximum atomic E-state index is 13.6. The minimum absolute atomic E-state index is 0.0363. The van der Waals surface area contributed by atoms with E-state index in [2.05, 4.69) is 29.0 Å². The van der Waals surface area contributed by atoms with Crippen LogP contribution in [0.15, 0.2) is 29.8 Å². The molecule has 3 atom stereocenters. The number of hydrogen-bond acceptors (Lipinski definition) is 7. The molecule has 1 aliphatic heterocycles. The van der Waals surface area contributed by atoms with Gasteiger partial charge >= 0.3 is 0 Å². The summed E-state index contributed by atoms with van der Waals surface area (Å²) >= 11 is 1.65. The van der Waals surface area contributed by atoms with E-state index in [1.165, 1.54) is 6.42 Å². The molecule has 1 aromatic carbocycles. The van der Waals surface area contributed by atoms with Crippen molar-refractivity contribution in [2.75, 3.05) is 39.2 Å². The van der Waals surface area contributed by atoms with Gasteiger partial charge in [0.1, 0.15) is 17.4 Å². The second-order valence-corrected chi connectivity index (χ2v) is 11.5. The van der Waals surface area contributed by atoms with Crippen LogP contribution in [-0.2, 0) is 16.1 Å². The van der Waals surface area contributed by atoms with Crippen LogP contribution < -0.4 is 10.1 Å². The Morgan fingerprint density at radius 3 is 2.70 bits per heavy atom. The molecule has 1 aromatic heterocycles. The Balaban J connectivity index is 1.59. The summed E-state index contributed by atoms with van der Waals surface area (Å²) in [7, 11) is 3.50. The van der Waals surface area contributed by atoms with Crippen molar-refractivity contribution in [2.24, 2.45) is 11.8 Å². The number of aromatic nitrogens is 1. The van der Waals surface area contributed by atoms with Crippen molar-refractivity contribution in [3.8, 4) is 5.75 Å². The lowest BCUT2D eigenvalue weighted by Gasteiger charge is -2.35. The Hall–Kier alpha value is -2.49. The fraction of sp³-hybridized carbons (Fsp3) is 0.607. The molecule has 1 aliphatic carbocycles. The van der Waals surface area contributed by atoms with Crippen molar-refractivity contribution in [3.05, 3.63) is 40.3 Å². The van der Waals surface area contributed by atoms with Crippen LogP contribution in [0.2, 0.25) is 0 Å². The molecule has 2 aliphatic rings. The van der Waals surface area contributed by atoms with Crippen LogP contribution in [0.4, 0.5) is 5.69 Å². The van der Waals surface area contributed by atoms with Gasteiger partial charge in [0.25, 0.3) is 5.91 Å². The van der Waals surface area contributed by atoms with Gasteiger partial charge in [-0.1, -0.05) is 26.2 Å². The molecule has 9 heteroatoms. The van der Waals surface area contributed by atoms with Gasteiger partial charge in [0.15, 0.2) is 0 Å². The van der Waals surface area contributed by atoms with E-state index in [1.54, 1.807) is 42.5 Å². The largest absolute Gasteiger partial charge is 0.491 e. The topological polar surface area (TPSA) is 84.0 Å². The summed E-state index contributed by atoms with van der Waals surface area (Å²) < 4.78 is 12.1. The predicted molar refractivity (Wildman–Crippen MR) is 146 cm³/mol. The van der Waals surface area contributed by atoms with Gasteiger partial charge < -0.3 is 19.7 Å². The summed E-state index contributed by atoms with van der Waals surface area (Å²) in [6, 6.07) is 5.48. The van der Waals surface area contributed by atoms with E-state index in [4.69, 9.17) is 9.47 Å². The predicted octanol–water partition coefficient (Wildman–Crippen LogP) is 4.67. The Morgan fingerprint density at radius 2 is 2.00 bits per heavy atom. The van der Waals surface area contributed by atoms with Gasteiger partial charge in [-0.25, -0.2) is 4.98 Å². The van der Waals surface area contributed by atoms with E-state index in [1.807, 2.05) is 17.6 Å². The summed E-state index contributed by atoms with van der Waals surface area (Å²) in [5.41, 5.74) is 1.08. The van der Waals surface area contributed by atoms with Gasteiger partial charge in [-0.3, -0.25) is 14.5 Å². The van der Waals surface area contributed by atoms with Gasteiger partial charge in [0, 0.05) is 56.5 Å². The monoisotopic (exact) mass is 528 g/mol. The Labute approximate surface area is 224 Å². The van der Waals surface area contributed by atoms with Crippen LogP contribution in [0, 0.1) is 11.8 Å². The maximum Gasteiger partial charge on any atom is 0.257 e. The third-order valence-corrected chi connectivity index (χ3v) is 8.40. The number of carbonyl (C=O) groups is 2. The lowest BCUT2D eigenvalue weighted by atomic mass is 9.88. The third-order valence-electron chi connectivity index (χ3n) is 7.64. The number of fused-ring (bicyclic) bond motifs is 1. The second kappa shape index (κ2) is 12.8. The van der Waals surface area contributed by atoms with Crippen molar-refractivity contribution in [1.82, 2.24) is 14.8 Å². The maximum absolute atomic E-state index is 13.6. The summed E-state index contributed by atoms with van der Waals surface area (Å²) in [4.78, 5) is 35.0. The summed E-state index contributed by atoms with van der Waals surface area (Å²) in [5, 5.41) is 6.10. The molecule has 37 heavy (non-hydrogen) atoms. The zero-order valence-corrected chi connectivity index (χ0v) is 23.3. The smallest absolute Gasteiger partial charge is 0.257 e. The molecule has 0 unspecified atom stereocenters. The molecule has 1 N–H and O–H groups in total. The number of likely N-dealkylation sites (N-methyl/N-ethyl adjacent to an activating group) is 1. The van der Waals surface area contributed by atoms with Crippen LogP contribution >= 0.6 is 11.3 Å². The van der Waals surface area contributed by atoms with Crippen molar-refractivity contribution < 1.29 is 19.1 Å². The summed E-state index contributed by atoms with van der Waals surface area (Å²) in [6.45, 7) is 6.70. The number of anilines is 1. The first kappa shape index (κ1) is 27.5. The standard InChI is InChI=1S/C28H40N4O4S/c1-19-15-32(17-26-29-12-13-37-26)20(2)18-36-24-11-10-22(30-27(33)21-8-6-5-7-9-21)14-23(24)28(34)31(3)16-25(19)35-4/h10-14,19-21,25H,5-9,15-18H2,1-4H3,(H,30,33)/t19-,20-,25+/m0/s1. The minimum Gasteiger partial charge on any atom is -0.491 e. The highest BCUT2D eigenvalue weighted by Gasteiger charge is 2.29. The molecule has 0 spiro atoms. The van der Waals surface area contributed by atoms with Crippen molar-refractivity contribution in [3.63, 3.8) is 0 Å². The van der Waals surface area contributed by atoms with E-state index in [0.717, 1.165) is 43.8 Å². The zero-order chi connectivity index (χ0) is 26.4. The number of rotatable bonds is 5. The minimum atomic E-state index is -0.147.